The van der Waals surface area contributed by atoms with E-state index in [-0.39, 0.29) is 5.91 Å². The summed E-state index contributed by atoms with van der Waals surface area (Å²) in [5.74, 6) is 0.168. The zero-order valence-corrected chi connectivity index (χ0v) is 12.9. The summed E-state index contributed by atoms with van der Waals surface area (Å²) >= 11 is 0. The van der Waals surface area contributed by atoms with Crippen LogP contribution in [0.25, 0.3) is 0 Å². The lowest BCUT2D eigenvalue weighted by Crippen LogP contribution is -2.17. The Morgan fingerprint density at radius 3 is 2.91 bits per heavy atom. The highest BCUT2D eigenvalue weighted by atomic mass is 16.1. The first-order chi connectivity index (χ1) is 10.7. The molecule has 0 fully saturated rings. The van der Waals surface area contributed by atoms with Gasteiger partial charge in [0.25, 0.3) is 5.91 Å². The number of rotatable bonds is 6. The zero-order chi connectivity index (χ0) is 15.9. The number of benzene rings is 1. The molecule has 2 aromatic rings. The van der Waals surface area contributed by atoms with Crippen LogP contribution in [-0.4, -0.2) is 22.4 Å². The SMILES string of the molecule is C=CCNc1nccc(C(=O)Nc2c(C)cccc2CC)n1. The number of aryl methyl sites for hydroxylation is 2. The van der Waals surface area contributed by atoms with E-state index in [1.807, 2.05) is 25.1 Å². The molecule has 0 radical (unpaired) electrons. The predicted octanol–water partition coefficient (Wildman–Crippen LogP) is 3.20. The summed E-state index contributed by atoms with van der Waals surface area (Å²) in [7, 11) is 0. The van der Waals surface area contributed by atoms with Crippen LogP contribution in [0.1, 0.15) is 28.5 Å². The number of nitrogens with one attached hydrogen (secondary N) is 2. The van der Waals surface area contributed by atoms with Crippen molar-refractivity contribution in [2.24, 2.45) is 0 Å². The predicted molar refractivity (Wildman–Crippen MR) is 89.2 cm³/mol. The minimum absolute atomic E-state index is 0.243. The van der Waals surface area contributed by atoms with E-state index in [2.05, 4.69) is 34.1 Å². The van der Waals surface area contributed by atoms with E-state index in [0.29, 0.717) is 18.2 Å². The van der Waals surface area contributed by atoms with Crippen molar-refractivity contribution in [3.63, 3.8) is 0 Å². The van der Waals surface area contributed by atoms with Gasteiger partial charge in [-0.2, -0.15) is 0 Å². The fraction of sp³-hybridized carbons (Fsp3) is 0.235. The largest absolute Gasteiger partial charge is 0.351 e. The monoisotopic (exact) mass is 296 g/mol. The molecule has 22 heavy (non-hydrogen) atoms. The van der Waals surface area contributed by atoms with E-state index in [0.717, 1.165) is 23.2 Å². The maximum Gasteiger partial charge on any atom is 0.274 e. The standard InChI is InChI=1S/C17H20N4O/c1-4-10-18-17-19-11-9-14(20-17)16(22)21-15-12(3)7-6-8-13(15)5-2/h4,6-9,11H,1,5,10H2,2-3H3,(H,21,22)(H,18,19,20). The number of amides is 1. The molecule has 5 nitrogen and oxygen atoms in total. The van der Waals surface area contributed by atoms with Crippen molar-refractivity contribution >= 4 is 17.5 Å². The van der Waals surface area contributed by atoms with Crippen LogP contribution in [0.2, 0.25) is 0 Å². The minimum atomic E-state index is -0.243. The number of aromatic nitrogens is 2. The Bertz CT molecular complexity index is 682. The molecule has 2 N–H and O–H groups in total. The molecule has 0 aliphatic carbocycles. The Morgan fingerprint density at radius 1 is 1.36 bits per heavy atom. The number of nitrogens with zero attached hydrogens (tertiary/aromatic N) is 2. The van der Waals surface area contributed by atoms with Gasteiger partial charge >= 0.3 is 0 Å². The Balaban J connectivity index is 2.21. The normalized spacial score (nSPS) is 10.1. The van der Waals surface area contributed by atoms with E-state index in [4.69, 9.17) is 0 Å². The highest BCUT2D eigenvalue weighted by Crippen LogP contribution is 2.21. The summed E-state index contributed by atoms with van der Waals surface area (Å²) in [4.78, 5) is 20.7. The Kier molecular flexibility index (Phi) is 5.25. The van der Waals surface area contributed by atoms with Crippen molar-refractivity contribution in [3.05, 3.63) is 59.9 Å². The molecule has 0 bridgehead atoms. The smallest absolute Gasteiger partial charge is 0.274 e. The summed E-state index contributed by atoms with van der Waals surface area (Å²) in [5, 5.41) is 5.92. The van der Waals surface area contributed by atoms with Crippen molar-refractivity contribution in [2.45, 2.75) is 20.3 Å². The van der Waals surface area contributed by atoms with Crippen molar-refractivity contribution in [3.8, 4) is 0 Å². The molecule has 1 heterocycles. The molecular formula is C17H20N4O. The van der Waals surface area contributed by atoms with Crippen molar-refractivity contribution in [1.82, 2.24) is 9.97 Å². The molecule has 1 aromatic carbocycles. The second-order valence-corrected chi connectivity index (χ2v) is 4.85. The van der Waals surface area contributed by atoms with E-state index >= 15 is 0 Å². The number of carbonyl (C=O) groups excluding carboxylic acids is 1. The van der Waals surface area contributed by atoms with Gasteiger partial charge in [-0.25, -0.2) is 9.97 Å². The molecule has 0 aliphatic heterocycles. The van der Waals surface area contributed by atoms with Gasteiger partial charge in [0.1, 0.15) is 5.69 Å². The quantitative estimate of drug-likeness (QED) is 0.803. The number of anilines is 2. The average molecular weight is 296 g/mol. The van der Waals surface area contributed by atoms with Gasteiger partial charge in [0.2, 0.25) is 5.95 Å². The average Bonchev–Trinajstić information content (AvgIpc) is 2.55. The molecule has 2 rings (SSSR count). The minimum Gasteiger partial charge on any atom is -0.351 e. The maximum atomic E-state index is 12.4. The first-order valence-corrected chi connectivity index (χ1v) is 7.23. The molecule has 0 spiro atoms. The van der Waals surface area contributed by atoms with Gasteiger partial charge in [0.15, 0.2) is 0 Å². The van der Waals surface area contributed by atoms with Crippen molar-refractivity contribution < 1.29 is 4.79 Å². The Hall–Kier alpha value is -2.69. The van der Waals surface area contributed by atoms with Crippen LogP contribution in [0.4, 0.5) is 11.6 Å². The van der Waals surface area contributed by atoms with Crippen LogP contribution in [-0.2, 0) is 6.42 Å². The first kappa shape index (κ1) is 15.7. The fourth-order valence-electron chi connectivity index (χ4n) is 2.11. The van der Waals surface area contributed by atoms with Crippen LogP contribution in [0.5, 0.6) is 0 Å². The third kappa shape index (κ3) is 3.69. The van der Waals surface area contributed by atoms with Gasteiger partial charge in [-0.3, -0.25) is 4.79 Å². The van der Waals surface area contributed by atoms with Crippen molar-refractivity contribution in [2.75, 3.05) is 17.2 Å². The number of carbonyl (C=O) groups is 1. The van der Waals surface area contributed by atoms with Gasteiger partial charge in [-0.05, 0) is 30.5 Å². The zero-order valence-electron chi connectivity index (χ0n) is 12.9. The molecule has 0 unspecified atom stereocenters. The lowest BCUT2D eigenvalue weighted by atomic mass is 10.1. The van der Waals surface area contributed by atoms with Crippen LogP contribution in [0, 0.1) is 6.92 Å². The van der Waals surface area contributed by atoms with E-state index < -0.39 is 0 Å². The third-order valence-corrected chi connectivity index (χ3v) is 3.27. The lowest BCUT2D eigenvalue weighted by molar-refractivity contribution is 0.102. The molecule has 0 saturated heterocycles. The number of hydrogen-bond acceptors (Lipinski definition) is 4. The fourth-order valence-corrected chi connectivity index (χ4v) is 2.11. The van der Waals surface area contributed by atoms with Crippen LogP contribution < -0.4 is 10.6 Å². The van der Waals surface area contributed by atoms with Crippen LogP contribution in [0.3, 0.4) is 0 Å². The first-order valence-electron chi connectivity index (χ1n) is 7.23. The van der Waals surface area contributed by atoms with Gasteiger partial charge in [-0.1, -0.05) is 31.2 Å². The second kappa shape index (κ2) is 7.36. The summed E-state index contributed by atoms with van der Waals surface area (Å²) < 4.78 is 0. The molecule has 0 aliphatic rings. The summed E-state index contributed by atoms with van der Waals surface area (Å²) in [5.41, 5.74) is 3.32. The molecule has 5 heteroatoms. The second-order valence-electron chi connectivity index (χ2n) is 4.85. The highest BCUT2D eigenvalue weighted by Gasteiger charge is 2.12. The topological polar surface area (TPSA) is 66.9 Å². The third-order valence-electron chi connectivity index (χ3n) is 3.27. The lowest BCUT2D eigenvalue weighted by Gasteiger charge is -2.13. The van der Waals surface area contributed by atoms with Crippen LogP contribution >= 0.6 is 0 Å². The Labute approximate surface area is 130 Å². The van der Waals surface area contributed by atoms with Gasteiger partial charge < -0.3 is 10.6 Å². The Morgan fingerprint density at radius 2 is 2.18 bits per heavy atom. The molecule has 0 atom stereocenters. The van der Waals surface area contributed by atoms with Gasteiger partial charge in [-0.15, -0.1) is 6.58 Å². The van der Waals surface area contributed by atoms with E-state index in [1.165, 1.54) is 0 Å². The van der Waals surface area contributed by atoms with Gasteiger partial charge in [0, 0.05) is 18.4 Å². The van der Waals surface area contributed by atoms with Gasteiger partial charge in [0.05, 0.1) is 0 Å². The molecular weight excluding hydrogens is 276 g/mol. The maximum absolute atomic E-state index is 12.4. The number of hydrogen-bond donors (Lipinski definition) is 2. The highest BCUT2D eigenvalue weighted by molar-refractivity contribution is 6.03. The van der Waals surface area contributed by atoms with Crippen LogP contribution in [0.15, 0.2) is 43.1 Å². The molecule has 114 valence electrons. The van der Waals surface area contributed by atoms with E-state index in [9.17, 15) is 4.79 Å². The van der Waals surface area contributed by atoms with Crippen molar-refractivity contribution in [1.29, 1.82) is 0 Å². The summed E-state index contributed by atoms with van der Waals surface area (Å²) in [6, 6.07) is 7.58. The molecule has 1 amide bonds. The summed E-state index contributed by atoms with van der Waals surface area (Å²) in [6.07, 6.45) is 4.12. The summed E-state index contributed by atoms with van der Waals surface area (Å²) in [6.45, 7) is 8.20. The number of para-hydroxylation sites is 1. The van der Waals surface area contributed by atoms with E-state index in [1.54, 1.807) is 18.3 Å². The molecule has 1 aromatic heterocycles. The molecule has 0 saturated carbocycles.